The maximum absolute atomic E-state index is 13.5. The SMILES string of the molecule is O=C(O)c1ccc(CN(CC(F)(F)F)C2CC2)cc1F. The zero-order chi connectivity index (χ0) is 14.9. The molecule has 7 heteroatoms. The molecule has 0 bridgehead atoms. The van der Waals surface area contributed by atoms with E-state index in [-0.39, 0.29) is 12.6 Å². The van der Waals surface area contributed by atoms with Crippen molar-refractivity contribution in [3.63, 3.8) is 0 Å². The number of hydrogen-bond donors (Lipinski definition) is 1. The van der Waals surface area contributed by atoms with E-state index in [0.29, 0.717) is 18.4 Å². The van der Waals surface area contributed by atoms with Crippen LogP contribution in [0.5, 0.6) is 0 Å². The molecule has 1 N–H and O–H groups in total. The third kappa shape index (κ3) is 3.93. The fourth-order valence-electron chi connectivity index (χ4n) is 2.05. The molecule has 1 saturated carbocycles. The molecule has 1 aromatic carbocycles. The first-order valence-corrected chi connectivity index (χ1v) is 6.09. The smallest absolute Gasteiger partial charge is 0.401 e. The van der Waals surface area contributed by atoms with Gasteiger partial charge in [0.15, 0.2) is 0 Å². The Hall–Kier alpha value is -1.63. The number of alkyl halides is 3. The minimum Gasteiger partial charge on any atom is -0.478 e. The topological polar surface area (TPSA) is 40.5 Å². The van der Waals surface area contributed by atoms with Crippen LogP contribution in [0.3, 0.4) is 0 Å². The van der Waals surface area contributed by atoms with Gasteiger partial charge >= 0.3 is 12.1 Å². The number of aromatic carboxylic acids is 1. The Kier molecular flexibility index (Phi) is 3.99. The molecule has 1 fully saturated rings. The van der Waals surface area contributed by atoms with Crippen LogP contribution >= 0.6 is 0 Å². The molecule has 20 heavy (non-hydrogen) atoms. The lowest BCUT2D eigenvalue weighted by Crippen LogP contribution is -2.35. The largest absolute Gasteiger partial charge is 0.478 e. The second kappa shape index (κ2) is 5.40. The lowest BCUT2D eigenvalue weighted by atomic mass is 10.1. The third-order valence-corrected chi connectivity index (χ3v) is 3.10. The molecular formula is C13H13F4NO2. The second-order valence-corrected chi connectivity index (χ2v) is 4.87. The van der Waals surface area contributed by atoms with Crippen molar-refractivity contribution in [3.8, 4) is 0 Å². The zero-order valence-electron chi connectivity index (χ0n) is 10.5. The summed E-state index contributed by atoms with van der Waals surface area (Å²) in [6, 6.07) is 3.28. The van der Waals surface area contributed by atoms with Crippen LogP contribution in [0.15, 0.2) is 18.2 Å². The van der Waals surface area contributed by atoms with Gasteiger partial charge in [0.05, 0.1) is 12.1 Å². The van der Waals surface area contributed by atoms with Gasteiger partial charge in [0.2, 0.25) is 0 Å². The van der Waals surface area contributed by atoms with Crippen LogP contribution in [-0.4, -0.2) is 34.7 Å². The van der Waals surface area contributed by atoms with Gasteiger partial charge in [-0.15, -0.1) is 0 Å². The lowest BCUT2D eigenvalue weighted by Gasteiger charge is -2.23. The quantitative estimate of drug-likeness (QED) is 0.848. The van der Waals surface area contributed by atoms with Crippen LogP contribution < -0.4 is 0 Å². The van der Waals surface area contributed by atoms with Crippen LogP contribution in [0.4, 0.5) is 17.6 Å². The second-order valence-electron chi connectivity index (χ2n) is 4.87. The van der Waals surface area contributed by atoms with Crippen LogP contribution in [0.1, 0.15) is 28.8 Å². The predicted molar refractivity (Wildman–Crippen MR) is 62.8 cm³/mol. The standard InChI is InChI=1S/C13H13F4NO2/c14-11-5-8(1-4-10(11)12(19)20)6-18(9-2-3-9)7-13(15,16)17/h1,4-5,9H,2-3,6-7H2,(H,19,20). The van der Waals surface area contributed by atoms with E-state index in [9.17, 15) is 22.4 Å². The summed E-state index contributed by atoms with van der Waals surface area (Å²) in [5, 5.41) is 8.69. The molecule has 0 aromatic heterocycles. The van der Waals surface area contributed by atoms with Gasteiger partial charge in [-0.05, 0) is 30.5 Å². The number of carboxylic acid groups (broad SMARTS) is 1. The highest BCUT2D eigenvalue weighted by atomic mass is 19.4. The highest BCUT2D eigenvalue weighted by Gasteiger charge is 2.37. The Morgan fingerprint density at radius 2 is 2.00 bits per heavy atom. The number of carboxylic acids is 1. The Morgan fingerprint density at radius 3 is 2.45 bits per heavy atom. The molecule has 0 unspecified atom stereocenters. The minimum absolute atomic E-state index is 0.0407. The number of nitrogens with zero attached hydrogens (tertiary/aromatic N) is 1. The van der Waals surface area contributed by atoms with Gasteiger partial charge in [0, 0.05) is 12.6 Å². The molecule has 110 valence electrons. The normalized spacial score (nSPS) is 15.7. The molecule has 1 aliphatic carbocycles. The van der Waals surface area contributed by atoms with E-state index < -0.39 is 30.1 Å². The molecule has 3 nitrogen and oxygen atoms in total. The molecule has 0 radical (unpaired) electrons. The van der Waals surface area contributed by atoms with Gasteiger partial charge < -0.3 is 5.11 Å². The zero-order valence-corrected chi connectivity index (χ0v) is 10.5. The summed E-state index contributed by atoms with van der Waals surface area (Å²) in [6.45, 7) is -1.08. The van der Waals surface area contributed by atoms with Crippen molar-refractivity contribution < 1.29 is 27.5 Å². The molecular weight excluding hydrogens is 278 g/mol. The summed E-state index contributed by atoms with van der Waals surface area (Å²) >= 11 is 0. The van der Waals surface area contributed by atoms with Crippen LogP contribution in [0, 0.1) is 5.82 Å². The van der Waals surface area contributed by atoms with E-state index in [1.165, 1.54) is 11.0 Å². The summed E-state index contributed by atoms with van der Waals surface area (Å²) < 4.78 is 50.8. The van der Waals surface area contributed by atoms with Crippen molar-refractivity contribution in [2.45, 2.75) is 31.6 Å². The number of benzene rings is 1. The summed E-state index contributed by atoms with van der Waals surface area (Å²) in [6.07, 6.45) is -2.90. The van der Waals surface area contributed by atoms with Crippen molar-refractivity contribution in [1.29, 1.82) is 0 Å². The highest BCUT2D eigenvalue weighted by Crippen LogP contribution is 2.31. The minimum atomic E-state index is -4.30. The van der Waals surface area contributed by atoms with E-state index in [1.54, 1.807) is 0 Å². The van der Waals surface area contributed by atoms with E-state index in [0.717, 1.165) is 12.1 Å². The van der Waals surface area contributed by atoms with E-state index >= 15 is 0 Å². The van der Waals surface area contributed by atoms with Gasteiger partial charge in [0.1, 0.15) is 5.82 Å². The Bertz CT molecular complexity index is 512. The summed E-state index contributed by atoms with van der Waals surface area (Å²) in [4.78, 5) is 11.9. The van der Waals surface area contributed by atoms with Crippen molar-refractivity contribution in [1.82, 2.24) is 4.90 Å². The number of carbonyl (C=O) groups is 1. The van der Waals surface area contributed by atoms with E-state index in [4.69, 9.17) is 5.11 Å². The van der Waals surface area contributed by atoms with Gasteiger partial charge in [-0.2, -0.15) is 13.2 Å². The predicted octanol–water partition coefficient (Wildman–Crippen LogP) is 3.05. The first-order valence-electron chi connectivity index (χ1n) is 6.09. The number of halogens is 4. The molecule has 1 aromatic rings. The highest BCUT2D eigenvalue weighted by molar-refractivity contribution is 5.87. The third-order valence-electron chi connectivity index (χ3n) is 3.10. The summed E-state index contributed by atoms with van der Waals surface area (Å²) in [7, 11) is 0. The van der Waals surface area contributed by atoms with Crippen molar-refractivity contribution in [2.24, 2.45) is 0 Å². The number of hydrogen-bond acceptors (Lipinski definition) is 2. The van der Waals surface area contributed by atoms with Gasteiger partial charge in [0.25, 0.3) is 0 Å². The van der Waals surface area contributed by atoms with Crippen LogP contribution in [0.2, 0.25) is 0 Å². The monoisotopic (exact) mass is 291 g/mol. The van der Waals surface area contributed by atoms with Crippen LogP contribution in [-0.2, 0) is 6.54 Å². The van der Waals surface area contributed by atoms with Crippen LogP contribution in [0.25, 0.3) is 0 Å². The first-order chi connectivity index (χ1) is 9.26. The van der Waals surface area contributed by atoms with Crippen molar-refractivity contribution >= 4 is 5.97 Å². The van der Waals surface area contributed by atoms with Crippen molar-refractivity contribution in [3.05, 3.63) is 35.1 Å². The molecule has 0 saturated heterocycles. The number of rotatable bonds is 5. The fourth-order valence-corrected chi connectivity index (χ4v) is 2.05. The Morgan fingerprint density at radius 1 is 1.35 bits per heavy atom. The van der Waals surface area contributed by atoms with E-state index in [2.05, 4.69) is 0 Å². The average molecular weight is 291 g/mol. The van der Waals surface area contributed by atoms with Gasteiger partial charge in [-0.25, -0.2) is 9.18 Å². The lowest BCUT2D eigenvalue weighted by molar-refractivity contribution is -0.148. The van der Waals surface area contributed by atoms with Gasteiger partial charge in [-0.1, -0.05) is 6.07 Å². The molecule has 0 spiro atoms. The van der Waals surface area contributed by atoms with E-state index in [1.807, 2.05) is 0 Å². The van der Waals surface area contributed by atoms with Gasteiger partial charge in [-0.3, -0.25) is 4.90 Å². The fraction of sp³-hybridized carbons (Fsp3) is 0.462. The first kappa shape index (κ1) is 14.8. The maximum atomic E-state index is 13.5. The molecule has 0 heterocycles. The molecule has 0 atom stereocenters. The molecule has 2 rings (SSSR count). The average Bonchev–Trinajstić information content (AvgIpc) is 3.09. The Balaban J connectivity index is 2.11. The summed E-state index contributed by atoms with van der Waals surface area (Å²) in [5.74, 6) is -2.33. The molecule has 1 aliphatic rings. The molecule has 0 amide bonds. The van der Waals surface area contributed by atoms with Crippen molar-refractivity contribution in [2.75, 3.05) is 6.54 Å². The summed E-state index contributed by atoms with van der Waals surface area (Å²) in [5.41, 5.74) is -0.147. The maximum Gasteiger partial charge on any atom is 0.401 e. The Labute approximate surface area is 112 Å². The molecule has 0 aliphatic heterocycles.